The van der Waals surface area contributed by atoms with Gasteiger partial charge in [0.05, 0.1) is 19.8 Å². The fourth-order valence-electron chi connectivity index (χ4n) is 4.27. The third-order valence-electron chi connectivity index (χ3n) is 5.72. The molecule has 0 spiro atoms. The maximum absolute atomic E-state index is 12.8. The molecule has 2 aromatic rings. The molecule has 0 bridgehead atoms. The molecule has 2 aromatic carbocycles. The first kappa shape index (κ1) is 19.8. The molecule has 1 atom stereocenters. The molecule has 0 aliphatic carbocycles. The summed E-state index contributed by atoms with van der Waals surface area (Å²) in [6.45, 7) is 6.99. The zero-order valence-electron chi connectivity index (χ0n) is 17.3. The van der Waals surface area contributed by atoms with Gasteiger partial charge in [0.1, 0.15) is 0 Å². The van der Waals surface area contributed by atoms with E-state index in [0.29, 0.717) is 25.7 Å². The second-order valence-corrected chi connectivity index (χ2v) is 8.18. The summed E-state index contributed by atoms with van der Waals surface area (Å²) in [7, 11) is 0. The quantitative estimate of drug-likeness (QED) is 0.795. The Morgan fingerprint density at radius 3 is 2.72 bits per heavy atom. The van der Waals surface area contributed by atoms with Gasteiger partial charge in [0.25, 0.3) is 0 Å². The van der Waals surface area contributed by atoms with E-state index in [4.69, 9.17) is 9.47 Å². The molecule has 2 aliphatic heterocycles. The van der Waals surface area contributed by atoms with Crippen molar-refractivity contribution in [3.63, 3.8) is 0 Å². The molecule has 29 heavy (non-hydrogen) atoms. The Hall–Kier alpha value is -2.53. The Labute approximate surface area is 173 Å². The molecule has 1 fully saturated rings. The van der Waals surface area contributed by atoms with Gasteiger partial charge in [-0.25, -0.2) is 0 Å². The summed E-state index contributed by atoms with van der Waals surface area (Å²) >= 11 is 0. The number of benzene rings is 2. The Morgan fingerprint density at radius 2 is 1.90 bits per heavy atom. The predicted octanol–water partition coefficient (Wildman–Crippen LogP) is 4.75. The number of carbonyl (C=O) groups excluding carboxylic acids is 1. The van der Waals surface area contributed by atoms with Crippen LogP contribution in [0.1, 0.15) is 56.2 Å². The molecule has 0 aromatic heterocycles. The minimum Gasteiger partial charge on any atom is -0.490 e. The maximum Gasteiger partial charge on any atom is 0.238 e. The smallest absolute Gasteiger partial charge is 0.238 e. The van der Waals surface area contributed by atoms with Gasteiger partial charge < -0.3 is 14.8 Å². The van der Waals surface area contributed by atoms with Gasteiger partial charge in [-0.15, -0.1) is 0 Å². The minimum atomic E-state index is 0.0411. The maximum atomic E-state index is 12.8. The Morgan fingerprint density at radius 1 is 1.10 bits per heavy atom. The normalized spacial score (nSPS) is 19.2. The molecule has 1 amide bonds. The molecule has 154 valence electrons. The van der Waals surface area contributed by atoms with Crippen LogP contribution in [0.5, 0.6) is 11.5 Å². The number of amides is 1. The Bertz CT molecular complexity index is 865. The van der Waals surface area contributed by atoms with E-state index in [2.05, 4.69) is 42.3 Å². The van der Waals surface area contributed by atoms with Crippen LogP contribution in [0.4, 0.5) is 5.69 Å². The number of para-hydroxylation sites is 1. The molecule has 1 N–H and O–H groups in total. The van der Waals surface area contributed by atoms with Gasteiger partial charge >= 0.3 is 0 Å². The lowest BCUT2D eigenvalue weighted by molar-refractivity contribution is -0.117. The van der Waals surface area contributed by atoms with Crippen LogP contribution in [-0.2, 0) is 4.79 Å². The lowest BCUT2D eigenvalue weighted by atomic mass is 10.0. The standard InChI is InChI=1S/C24H30N2O3/c1-17(2)19-7-3-4-8-20(19)25-24(27)16-26-12-5-9-21(26)18-10-11-22-23(15-18)29-14-6-13-28-22/h3-4,7-8,10-11,15,17,21H,5-6,9,12-14,16H2,1-2H3,(H,25,27)/t21-/m0/s1. The molecule has 4 rings (SSSR count). The molecule has 2 heterocycles. The van der Waals surface area contributed by atoms with E-state index in [1.54, 1.807) is 0 Å². The van der Waals surface area contributed by atoms with E-state index in [0.717, 1.165) is 43.0 Å². The van der Waals surface area contributed by atoms with Crippen molar-refractivity contribution in [3.05, 3.63) is 53.6 Å². The number of fused-ring (bicyclic) bond motifs is 1. The predicted molar refractivity (Wildman–Crippen MR) is 115 cm³/mol. The van der Waals surface area contributed by atoms with Crippen LogP contribution in [0.3, 0.4) is 0 Å². The number of hydrogen-bond acceptors (Lipinski definition) is 4. The van der Waals surface area contributed by atoms with Crippen LogP contribution >= 0.6 is 0 Å². The summed E-state index contributed by atoms with van der Waals surface area (Å²) in [6.07, 6.45) is 3.04. The summed E-state index contributed by atoms with van der Waals surface area (Å²) in [6, 6.07) is 14.5. The second-order valence-electron chi connectivity index (χ2n) is 8.18. The van der Waals surface area contributed by atoms with Crippen molar-refractivity contribution in [3.8, 4) is 11.5 Å². The highest BCUT2D eigenvalue weighted by Gasteiger charge is 2.28. The van der Waals surface area contributed by atoms with Crippen LogP contribution in [0.2, 0.25) is 0 Å². The number of carbonyl (C=O) groups is 1. The summed E-state index contributed by atoms with van der Waals surface area (Å²) in [5, 5.41) is 3.12. The molecular formula is C24H30N2O3. The average Bonchev–Trinajstić information content (AvgIpc) is 3.03. The summed E-state index contributed by atoms with van der Waals surface area (Å²) < 4.78 is 11.6. The van der Waals surface area contributed by atoms with Gasteiger partial charge in [-0.05, 0) is 54.6 Å². The van der Waals surface area contributed by atoms with Gasteiger partial charge in [-0.2, -0.15) is 0 Å². The van der Waals surface area contributed by atoms with Crippen LogP contribution < -0.4 is 14.8 Å². The number of likely N-dealkylation sites (tertiary alicyclic amines) is 1. The van der Waals surface area contributed by atoms with Crippen molar-refractivity contribution in [2.75, 3.05) is 31.6 Å². The third kappa shape index (κ3) is 4.56. The van der Waals surface area contributed by atoms with E-state index in [1.165, 1.54) is 11.1 Å². The van der Waals surface area contributed by atoms with E-state index in [1.807, 2.05) is 24.3 Å². The topological polar surface area (TPSA) is 50.8 Å². The van der Waals surface area contributed by atoms with Crippen LogP contribution in [0.25, 0.3) is 0 Å². The van der Waals surface area contributed by atoms with Crippen LogP contribution in [0.15, 0.2) is 42.5 Å². The summed E-state index contributed by atoms with van der Waals surface area (Å²) in [4.78, 5) is 15.1. The van der Waals surface area contributed by atoms with Gasteiger partial charge in [0.2, 0.25) is 5.91 Å². The van der Waals surface area contributed by atoms with Crippen molar-refractivity contribution in [1.82, 2.24) is 4.90 Å². The highest BCUT2D eigenvalue weighted by Crippen LogP contribution is 2.37. The van der Waals surface area contributed by atoms with E-state index >= 15 is 0 Å². The van der Waals surface area contributed by atoms with Crippen molar-refractivity contribution in [2.24, 2.45) is 0 Å². The van der Waals surface area contributed by atoms with Crippen LogP contribution in [0, 0.1) is 0 Å². The monoisotopic (exact) mass is 394 g/mol. The summed E-state index contributed by atoms with van der Waals surface area (Å²) in [5.74, 6) is 2.05. The van der Waals surface area contributed by atoms with Gasteiger partial charge in [0, 0.05) is 18.2 Å². The highest BCUT2D eigenvalue weighted by molar-refractivity contribution is 5.93. The number of anilines is 1. The zero-order valence-corrected chi connectivity index (χ0v) is 17.3. The number of ether oxygens (including phenoxy) is 2. The average molecular weight is 395 g/mol. The van der Waals surface area contributed by atoms with Crippen molar-refractivity contribution in [2.45, 2.75) is 45.1 Å². The van der Waals surface area contributed by atoms with Crippen molar-refractivity contribution in [1.29, 1.82) is 0 Å². The van der Waals surface area contributed by atoms with Crippen LogP contribution in [-0.4, -0.2) is 37.1 Å². The Kier molecular flexibility index (Phi) is 6.05. The fraction of sp³-hybridized carbons (Fsp3) is 0.458. The number of nitrogens with one attached hydrogen (secondary N) is 1. The molecule has 0 saturated carbocycles. The highest BCUT2D eigenvalue weighted by atomic mass is 16.5. The first-order chi connectivity index (χ1) is 14.1. The molecular weight excluding hydrogens is 364 g/mol. The first-order valence-corrected chi connectivity index (χ1v) is 10.6. The number of hydrogen-bond donors (Lipinski definition) is 1. The van der Waals surface area contributed by atoms with Gasteiger partial charge in [-0.1, -0.05) is 38.1 Å². The fourth-order valence-corrected chi connectivity index (χ4v) is 4.27. The van der Waals surface area contributed by atoms with Gasteiger partial charge in [0.15, 0.2) is 11.5 Å². The first-order valence-electron chi connectivity index (χ1n) is 10.6. The van der Waals surface area contributed by atoms with E-state index in [9.17, 15) is 4.79 Å². The number of rotatable bonds is 5. The Balaban J connectivity index is 1.45. The minimum absolute atomic E-state index is 0.0411. The summed E-state index contributed by atoms with van der Waals surface area (Å²) in [5.41, 5.74) is 3.28. The molecule has 5 heteroatoms. The molecule has 5 nitrogen and oxygen atoms in total. The van der Waals surface area contributed by atoms with Crippen molar-refractivity contribution >= 4 is 11.6 Å². The van der Waals surface area contributed by atoms with E-state index in [-0.39, 0.29) is 11.9 Å². The third-order valence-corrected chi connectivity index (χ3v) is 5.72. The van der Waals surface area contributed by atoms with Gasteiger partial charge in [-0.3, -0.25) is 9.69 Å². The lowest BCUT2D eigenvalue weighted by Gasteiger charge is -2.25. The molecule has 2 aliphatic rings. The second kappa shape index (κ2) is 8.87. The number of nitrogens with zero attached hydrogens (tertiary/aromatic N) is 1. The lowest BCUT2D eigenvalue weighted by Crippen LogP contribution is -2.33. The SMILES string of the molecule is CC(C)c1ccccc1NC(=O)CN1CCC[C@H]1c1ccc2c(c1)OCCCO2. The van der Waals surface area contributed by atoms with Crippen molar-refractivity contribution < 1.29 is 14.3 Å². The molecule has 0 unspecified atom stereocenters. The largest absolute Gasteiger partial charge is 0.490 e. The molecule has 1 saturated heterocycles. The molecule has 0 radical (unpaired) electrons. The zero-order chi connectivity index (χ0) is 20.2. The van der Waals surface area contributed by atoms with E-state index < -0.39 is 0 Å².